The van der Waals surface area contributed by atoms with Crippen molar-refractivity contribution in [3.05, 3.63) is 52.5 Å². The predicted molar refractivity (Wildman–Crippen MR) is 118 cm³/mol. The molecule has 2 aromatic rings. The number of nitrogens with zero attached hydrogens (tertiary/aromatic N) is 1. The van der Waals surface area contributed by atoms with Crippen LogP contribution in [0.25, 0.3) is 0 Å². The van der Waals surface area contributed by atoms with Crippen LogP contribution >= 0.6 is 11.6 Å². The molecule has 1 fully saturated rings. The van der Waals surface area contributed by atoms with Gasteiger partial charge in [-0.1, -0.05) is 30.7 Å². The molecule has 30 heavy (non-hydrogen) atoms. The van der Waals surface area contributed by atoms with Crippen molar-refractivity contribution in [3.8, 4) is 11.5 Å². The monoisotopic (exact) mass is 430 g/mol. The van der Waals surface area contributed by atoms with E-state index in [0.29, 0.717) is 48.3 Å². The Morgan fingerprint density at radius 1 is 1.20 bits per heavy atom. The van der Waals surface area contributed by atoms with E-state index in [4.69, 9.17) is 21.1 Å². The van der Waals surface area contributed by atoms with Crippen LogP contribution in [0.5, 0.6) is 11.5 Å². The summed E-state index contributed by atoms with van der Waals surface area (Å²) in [7, 11) is 0. The third-order valence-electron chi connectivity index (χ3n) is 4.77. The molecule has 0 saturated carbocycles. The summed E-state index contributed by atoms with van der Waals surface area (Å²) in [6, 6.07) is 10.9. The molecule has 2 aromatic carbocycles. The smallest absolute Gasteiger partial charge is 0.251 e. The minimum Gasteiger partial charge on any atom is -0.490 e. The van der Waals surface area contributed by atoms with Crippen LogP contribution in [0.3, 0.4) is 0 Å². The number of anilines is 1. The second-order valence-corrected chi connectivity index (χ2v) is 7.48. The molecule has 6 nitrogen and oxygen atoms in total. The fourth-order valence-electron chi connectivity index (χ4n) is 3.35. The molecule has 1 aliphatic heterocycles. The molecule has 0 aromatic heterocycles. The average molecular weight is 431 g/mol. The van der Waals surface area contributed by atoms with E-state index >= 15 is 0 Å². The van der Waals surface area contributed by atoms with E-state index in [1.54, 1.807) is 17.0 Å². The molecular weight excluding hydrogens is 404 g/mol. The molecule has 1 aliphatic rings. The van der Waals surface area contributed by atoms with E-state index < -0.39 is 0 Å². The quantitative estimate of drug-likeness (QED) is 0.632. The van der Waals surface area contributed by atoms with E-state index in [1.165, 1.54) is 0 Å². The van der Waals surface area contributed by atoms with Crippen LogP contribution in [0.2, 0.25) is 5.02 Å². The number of carbonyl (C=O) groups excluding carboxylic acids is 2. The SMILES string of the molecule is CCCOc1c(Cl)cc(C(=O)NCc2cccc(N3CCCC3=O)c2)cc1OCC. The molecule has 160 valence electrons. The summed E-state index contributed by atoms with van der Waals surface area (Å²) in [5.41, 5.74) is 2.18. The van der Waals surface area contributed by atoms with Crippen LogP contribution in [-0.2, 0) is 11.3 Å². The Morgan fingerprint density at radius 2 is 2.03 bits per heavy atom. The van der Waals surface area contributed by atoms with Gasteiger partial charge >= 0.3 is 0 Å². The molecule has 1 heterocycles. The first-order chi connectivity index (χ1) is 14.5. The summed E-state index contributed by atoms with van der Waals surface area (Å²) >= 11 is 6.35. The van der Waals surface area contributed by atoms with E-state index in [0.717, 1.165) is 30.6 Å². The number of carbonyl (C=O) groups is 2. The number of rotatable bonds is 9. The minimum atomic E-state index is -0.262. The summed E-state index contributed by atoms with van der Waals surface area (Å²) in [6.45, 7) is 5.89. The normalized spacial score (nSPS) is 13.4. The number of benzene rings is 2. The Bertz CT molecular complexity index is 916. The third kappa shape index (κ3) is 5.25. The van der Waals surface area contributed by atoms with Crippen molar-refractivity contribution in [2.75, 3.05) is 24.7 Å². The van der Waals surface area contributed by atoms with E-state index in [-0.39, 0.29) is 11.8 Å². The topological polar surface area (TPSA) is 67.9 Å². The van der Waals surface area contributed by atoms with Gasteiger partial charge in [0, 0.05) is 30.8 Å². The second-order valence-electron chi connectivity index (χ2n) is 7.07. The lowest BCUT2D eigenvalue weighted by atomic mass is 10.1. The van der Waals surface area contributed by atoms with Crippen molar-refractivity contribution >= 4 is 29.1 Å². The van der Waals surface area contributed by atoms with E-state index in [1.807, 2.05) is 38.1 Å². The standard InChI is InChI=1S/C23H27ClN2O4/c1-3-11-30-22-19(24)13-17(14-20(22)29-4-2)23(28)25-15-16-7-5-8-18(12-16)26-10-6-9-21(26)27/h5,7-8,12-14H,3-4,6,9-11,15H2,1-2H3,(H,25,28). The van der Waals surface area contributed by atoms with Crippen LogP contribution in [0, 0.1) is 0 Å². The Labute approximate surface area is 182 Å². The molecule has 7 heteroatoms. The first-order valence-electron chi connectivity index (χ1n) is 10.3. The van der Waals surface area contributed by atoms with Crippen molar-refractivity contribution < 1.29 is 19.1 Å². The lowest BCUT2D eigenvalue weighted by Crippen LogP contribution is -2.25. The fourth-order valence-corrected chi connectivity index (χ4v) is 3.61. The van der Waals surface area contributed by atoms with Gasteiger partial charge in [0.15, 0.2) is 11.5 Å². The van der Waals surface area contributed by atoms with Gasteiger partial charge in [-0.05, 0) is 49.6 Å². The first-order valence-corrected chi connectivity index (χ1v) is 10.7. The van der Waals surface area contributed by atoms with Crippen molar-refractivity contribution in [1.82, 2.24) is 5.32 Å². The van der Waals surface area contributed by atoms with Gasteiger partial charge in [0.25, 0.3) is 5.91 Å². The minimum absolute atomic E-state index is 0.139. The Balaban J connectivity index is 1.71. The van der Waals surface area contributed by atoms with Gasteiger partial charge in [0.1, 0.15) is 0 Å². The van der Waals surface area contributed by atoms with Crippen molar-refractivity contribution in [2.45, 2.75) is 39.7 Å². The van der Waals surface area contributed by atoms with Gasteiger partial charge in [-0.25, -0.2) is 0 Å². The van der Waals surface area contributed by atoms with Crippen LogP contribution in [0.1, 0.15) is 49.0 Å². The highest BCUT2D eigenvalue weighted by Crippen LogP contribution is 2.37. The van der Waals surface area contributed by atoms with Crippen molar-refractivity contribution in [1.29, 1.82) is 0 Å². The molecule has 1 N–H and O–H groups in total. The number of ether oxygens (including phenoxy) is 2. The number of hydrogen-bond acceptors (Lipinski definition) is 4. The van der Waals surface area contributed by atoms with Gasteiger partial charge in [-0.3, -0.25) is 9.59 Å². The van der Waals surface area contributed by atoms with Gasteiger partial charge in [-0.2, -0.15) is 0 Å². The molecule has 0 aliphatic carbocycles. The van der Waals surface area contributed by atoms with E-state index in [9.17, 15) is 9.59 Å². The van der Waals surface area contributed by atoms with Crippen LogP contribution in [0.4, 0.5) is 5.69 Å². The number of halogens is 1. The summed E-state index contributed by atoms with van der Waals surface area (Å²) in [5, 5.41) is 3.25. The lowest BCUT2D eigenvalue weighted by Gasteiger charge is -2.17. The number of nitrogens with one attached hydrogen (secondary N) is 1. The van der Waals surface area contributed by atoms with Crippen molar-refractivity contribution in [3.63, 3.8) is 0 Å². The Hall–Kier alpha value is -2.73. The van der Waals surface area contributed by atoms with Gasteiger partial charge < -0.3 is 19.7 Å². The molecule has 3 rings (SSSR count). The Kier molecular flexibility index (Phi) is 7.57. The lowest BCUT2D eigenvalue weighted by molar-refractivity contribution is -0.117. The molecule has 0 bridgehead atoms. The molecule has 0 radical (unpaired) electrons. The van der Waals surface area contributed by atoms with Gasteiger partial charge in [-0.15, -0.1) is 0 Å². The summed E-state index contributed by atoms with van der Waals surface area (Å²) < 4.78 is 11.3. The number of amides is 2. The molecular formula is C23H27ClN2O4. The fraction of sp³-hybridized carbons (Fsp3) is 0.391. The van der Waals surface area contributed by atoms with Crippen LogP contribution in [0.15, 0.2) is 36.4 Å². The molecule has 1 saturated heterocycles. The number of hydrogen-bond donors (Lipinski definition) is 1. The highest BCUT2D eigenvalue weighted by Gasteiger charge is 2.22. The predicted octanol–water partition coefficient (Wildman–Crippen LogP) is 4.58. The van der Waals surface area contributed by atoms with Crippen LogP contribution < -0.4 is 19.7 Å². The summed E-state index contributed by atoms with van der Waals surface area (Å²) in [5.74, 6) is 0.792. The first kappa shape index (κ1) is 22.0. The largest absolute Gasteiger partial charge is 0.490 e. The molecule has 0 spiro atoms. The van der Waals surface area contributed by atoms with Gasteiger partial charge in [0.05, 0.1) is 18.2 Å². The molecule has 0 unspecified atom stereocenters. The highest BCUT2D eigenvalue weighted by atomic mass is 35.5. The average Bonchev–Trinajstić information content (AvgIpc) is 3.17. The summed E-state index contributed by atoms with van der Waals surface area (Å²) in [4.78, 5) is 26.5. The third-order valence-corrected chi connectivity index (χ3v) is 5.05. The maximum Gasteiger partial charge on any atom is 0.251 e. The zero-order valence-electron chi connectivity index (χ0n) is 17.4. The van der Waals surface area contributed by atoms with Gasteiger partial charge in [0.2, 0.25) is 5.91 Å². The van der Waals surface area contributed by atoms with Crippen LogP contribution in [-0.4, -0.2) is 31.6 Å². The zero-order valence-corrected chi connectivity index (χ0v) is 18.1. The molecule has 2 amide bonds. The zero-order chi connectivity index (χ0) is 21.5. The summed E-state index contributed by atoms with van der Waals surface area (Å²) in [6.07, 6.45) is 2.30. The van der Waals surface area contributed by atoms with Crippen molar-refractivity contribution in [2.24, 2.45) is 0 Å². The maximum absolute atomic E-state index is 12.7. The maximum atomic E-state index is 12.7. The Morgan fingerprint density at radius 3 is 2.73 bits per heavy atom. The van der Waals surface area contributed by atoms with E-state index in [2.05, 4.69) is 5.32 Å². The highest BCUT2D eigenvalue weighted by molar-refractivity contribution is 6.32. The second kappa shape index (κ2) is 10.3. The molecule has 0 atom stereocenters.